The van der Waals surface area contributed by atoms with Crippen molar-refractivity contribution in [2.45, 2.75) is 51.1 Å². The zero-order chi connectivity index (χ0) is 12.7. The summed E-state index contributed by atoms with van der Waals surface area (Å²) in [7, 11) is 0. The summed E-state index contributed by atoms with van der Waals surface area (Å²) in [5.74, 6) is 0.449. The molecule has 2 saturated heterocycles. The Labute approximate surface area is 116 Å². The number of benzene rings is 1. The quantitative estimate of drug-likeness (QED) is 0.785. The number of aryl methyl sites for hydroxylation is 1. The first-order valence-electron chi connectivity index (χ1n) is 6.72. The molecule has 18 heavy (non-hydrogen) atoms. The maximum absolute atomic E-state index is 11.8. The van der Waals surface area contributed by atoms with Gasteiger partial charge in [0.05, 0.1) is 5.69 Å². The van der Waals surface area contributed by atoms with Gasteiger partial charge in [-0.2, -0.15) is 0 Å². The molecule has 2 nitrogen and oxygen atoms in total. The van der Waals surface area contributed by atoms with E-state index < -0.39 is 0 Å². The number of nitrogens with zero attached hydrogens (tertiary/aromatic N) is 1. The SMILES string of the molecule is Cc1cccc(N2C3CCCC2CC(=O)C3)c1Br. The van der Waals surface area contributed by atoms with Crippen molar-refractivity contribution in [3.8, 4) is 0 Å². The lowest BCUT2D eigenvalue weighted by Crippen LogP contribution is -2.52. The molecule has 2 fully saturated rings. The van der Waals surface area contributed by atoms with E-state index in [2.05, 4.69) is 46.0 Å². The van der Waals surface area contributed by atoms with Crippen LogP contribution in [0.2, 0.25) is 0 Å². The van der Waals surface area contributed by atoms with Crippen LogP contribution in [0.1, 0.15) is 37.7 Å². The van der Waals surface area contributed by atoms with Gasteiger partial charge < -0.3 is 4.90 Å². The van der Waals surface area contributed by atoms with Crippen LogP contribution in [0.4, 0.5) is 5.69 Å². The Kier molecular flexibility index (Phi) is 3.18. The number of piperidine rings is 2. The molecule has 1 aromatic rings. The summed E-state index contributed by atoms with van der Waals surface area (Å²) in [6.45, 7) is 2.12. The van der Waals surface area contributed by atoms with Crippen LogP contribution in [0.15, 0.2) is 22.7 Å². The molecule has 3 heteroatoms. The number of rotatable bonds is 1. The molecule has 2 aliphatic rings. The minimum absolute atomic E-state index is 0.420. The number of Topliss-reactive ketones (excluding diaryl/α,β-unsaturated/α-hetero) is 1. The maximum atomic E-state index is 11.8. The lowest BCUT2D eigenvalue weighted by atomic mass is 9.83. The first-order chi connectivity index (χ1) is 8.66. The Bertz CT molecular complexity index is 469. The van der Waals surface area contributed by atoms with E-state index in [9.17, 15) is 4.79 Å². The number of halogens is 1. The third kappa shape index (κ3) is 1.99. The summed E-state index contributed by atoms with van der Waals surface area (Å²) < 4.78 is 1.19. The Morgan fingerprint density at radius 3 is 2.56 bits per heavy atom. The largest absolute Gasteiger partial charge is 0.364 e. The predicted octanol–water partition coefficient (Wildman–Crippen LogP) is 3.85. The van der Waals surface area contributed by atoms with Gasteiger partial charge in [0.15, 0.2) is 0 Å². The smallest absolute Gasteiger partial charge is 0.137 e. The predicted molar refractivity (Wildman–Crippen MR) is 77.0 cm³/mol. The average Bonchev–Trinajstić information content (AvgIpc) is 2.32. The Balaban J connectivity index is 2.00. The summed E-state index contributed by atoms with van der Waals surface area (Å²) in [5.41, 5.74) is 2.54. The van der Waals surface area contributed by atoms with Gasteiger partial charge in [-0.25, -0.2) is 0 Å². The molecule has 0 aliphatic carbocycles. The van der Waals surface area contributed by atoms with Gasteiger partial charge in [0.25, 0.3) is 0 Å². The molecule has 3 rings (SSSR count). The molecular formula is C15H18BrNO. The molecule has 0 aromatic heterocycles. The molecule has 0 N–H and O–H groups in total. The molecule has 0 saturated carbocycles. The molecule has 0 radical (unpaired) electrons. The van der Waals surface area contributed by atoms with E-state index in [4.69, 9.17) is 0 Å². The molecule has 0 amide bonds. The monoisotopic (exact) mass is 307 g/mol. The van der Waals surface area contributed by atoms with E-state index in [-0.39, 0.29) is 0 Å². The molecule has 2 aliphatic heterocycles. The van der Waals surface area contributed by atoms with Gasteiger partial charge in [-0.3, -0.25) is 4.79 Å². The average molecular weight is 308 g/mol. The second-order valence-corrected chi connectivity index (χ2v) is 6.29. The van der Waals surface area contributed by atoms with Gasteiger partial charge in [0.2, 0.25) is 0 Å². The summed E-state index contributed by atoms with van der Waals surface area (Å²) in [4.78, 5) is 14.3. The van der Waals surface area contributed by atoms with Crippen LogP contribution in [-0.4, -0.2) is 17.9 Å². The van der Waals surface area contributed by atoms with Gasteiger partial charge in [-0.15, -0.1) is 0 Å². The van der Waals surface area contributed by atoms with E-state index in [1.54, 1.807) is 0 Å². The van der Waals surface area contributed by atoms with Crippen molar-refractivity contribution >= 4 is 27.4 Å². The van der Waals surface area contributed by atoms with E-state index in [1.807, 2.05) is 0 Å². The van der Waals surface area contributed by atoms with Crippen LogP contribution >= 0.6 is 15.9 Å². The zero-order valence-electron chi connectivity index (χ0n) is 10.7. The van der Waals surface area contributed by atoms with E-state index >= 15 is 0 Å². The van der Waals surface area contributed by atoms with Crippen molar-refractivity contribution in [1.82, 2.24) is 0 Å². The minimum Gasteiger partial charge on any atom is -0.364 e. The molecule has 2 unspecified atom stereocenters. The number of ketones is 1. The molecule has 0 spiro atoms. The lowest BCUT2D eigenvalue weighted by Gasteiger charge is -2.47. The van der Waals surface area contributed by atoms with E-state index in [1.165, 1.54) is 22.1 Å². The number of anilines is 1. The molecule has 1 aromatic carbocycles. The second-order valence-electron chi connectivity index (χ2n) is 5.50. The van der Waals surface area contributed by atoms with Gasteiger partial charge in [-0.05, 0) is 53.7 Å². The van der Waals surface area contributed by atoms with Crippen molar-refractivity contribution in [2.24, 2.45) is 0 Å². The summed E-state index contributed by atoms with van der Waals surface area (Å²) in [5, 5.41) is 0. The van der Waals surface area contributed by atoms with Crippen molar-refractivity contribution in [2.75, 3.05) is 4.90 Å². The summed E-state index contributed by atoms with van der Waals surface area (Å²) in [6, 6.07) is 7.25. The number of carbonyl (C=O) groups is 1. The molecule has 2 heterocycles. The molecule has 2 atom stereocenters. The van der Waals surface area contributed by atoms with Crippen molar-refractivity contribution in [1.29, 1.82) is 0 Å². The van der Waals surface area contributed by atoms with Crippen LogP contribution in [0.25, 0.3) is 0 Å². The van der Waals surface area contributed by atoms with Gasteiger partial charge in [0.1, 0.15) is 5.78 Å². The Hall–Kier alpha value is -0.830. The number of fused-ring (bicyclic) bond motifs is 2. The topological polar surface area (TPSA) is 20.3 Å². The second kappa shape index (κ2) is 4.69. The van der Waals surface area contributed by atoms with Gasteiger partial charge in [-0.1, -0.05) is 12.1 Å². The fraction of sp³-hybridized carbons (Fsp3) is 0.533. The van der Waals surface area contributed by atoms with Crippen LogP contribution in [0.5, 0.6) is 0 Å². The van der Waals surface area contributed by atoms with Gasteiger partial charge >= 0.3 is 0 Å². The highest BCUT2D eigenvalue weighted by Gasteiger charge is 2.38. The Morgan fingerprint density at radius 2 is 1.89 bits per heavy atom. The summed E-state index contributed by atoms with van der Waals surface area (Å²) in [6.07, 6.45) is 5.04. The highest BCUT2D eigenvalue weighted by Crippen LogP contribution is 2.40. The van der Waals surface area contributed by atoms with E-state index in [0.717, 1.165) is 25.7 Å². The van der Waals surface area contributed by atoms with Crippen molar-refractivity contribution in [3.05, 3.63) is 28.2 Å². The molecule has 2 bridgehead atoms. The minimum atomic E-state index is 0.420. The van der Waals surface area contributed by atoms with Crippen LogP contribution in [-0.2, 0) is 4.79 Å². The van der Waals surface area contributed by atoms with Gasteiger partial charge in [0, 0.05) is 29.4 Å². The zero-order valence-corrected chi connectivity index (χ0v) is 12.2. The lowest BCUT2D eigenvalue weighted by molar-refractivity contribution is -0.121. The number of hydrogen-bond acceptors (Lipinski definition) is 2. The van der Waals surface area contributed by atoms with Crippen LogP contribution < -0.4 is 4.90 Å². The fourth-order valence-corrected chi connectivity index (χ4v) is 3.87. The standard InChI is InChI=1S/C15H18BrNO/c1-10-4-2-7-14(15(10)16)17-11-5-3-6-12(17)9-13(18)8-11/h2,4,7,11-12H,3,5-6,8-9H2,1H3. The number of hydrogen-bond donors (Lipinski definition) is 0. The van der Waals surface area contributed by atoms with Crippen molar-refractivity contribution < 1.29 is 4.79 Å². The van der Waals surface area contributed by atoms with Crippen LogP contribution in [0.3, 0.4) is 0 Å². The van der Waals surface area contributed by atoms with Crippen LogP contribution in [0, 0.1) is 6.92 Å². The highest BCUT2D eigenvalue weighted by atomic mass is 79.9. The number of carbonyl (C=O) groups excluding carboxylic acids is 1. The van der Waals surface area contributed by atoms with Crippen molar-refractivity contribution in [3.63, 3.8) is 0 Å². The first-order valence-corrected chi connectivity index (χ1v) is 7.51. The third-order valence-electron chi connectivity index (χ3n) is 4.24. The third-order valence-corrected chi connectivity index (χ3v) is 5.27. The Morgan fingerprint density at radius 1 is 1.22 bits per heavy atom. The molecular weight excluding hydrogens is 290 g/mol. The fourth-order valence-electron chi connectivity index (χ4n) is 3.40. The normalized spacial score (nSPS) is 27.4. The van der Waals surface area contributed by atoms with E-state index in [0.29, 0.717) is 17.9 Å². The first kappa shape index (κ1) is 12.2. The maximum Gasteiger partial charge on any atom is 0.137 e. The molecule has 96 valence electrons. The summed E-state index contributed by atoms with van der Waals surface area (Å²) >= 11 is 3.71. The highest BCUT2D eigenvalue weighted by molar-refractivity contribution is 9.10.